The normalized spacial score (nSPS) is 11.1. The van der Waals surface area contributed by atoms with Gasteiger partial charge in [0.05, 0.1) is 18.6 Å². The summed E-state index contributed by atoms with van der Waals surface area (Å²) in [5.41, 5.74) is 11.4. The quantitative estimate of drug-likeness (QED) is 0.123. The van der Waals surface area contributed by atoms with Crippen LogP contribution in [-0.2, 0) is 19.6 Å². The average Bonchev–Trinajstić information content (AvgIpc) is 3.90. The molecule has 10 heteroatoms. The van der Waals surface area contributed by atoms with Crippen LogP contribution >= 0.6 is 15.9 Å². The van der Waals surface area contributed by atoms with Crippen LogP contribution in [0.25, 0.3) is 33.8 Å². The molecule has 6 rings (SSSR count). The first-order valence-corrected chi connectivity index (χ1v) is 19.7. The number of benzene rings is 3. The molecule has 0 spiro atoms. The third-order valence-corrected chi connectivity index (χ3v) is 9.56. The molecule has 0 amide bonds. The Morgan fingerprint density at radius 3 is 1.30 bits per heavy atom. The van der Waals surface area contributed by atoms with Crippen LogP contribution < -0.4 is 0 Å². The highest BCUT2D eigenvalue weighted by Gasteiger charge is 2.10. The van der Waals surface area contributed by atoms with Crippen LogP contribution in [-0.4, -0.2) is 45.0 Å². The summed E-state index contributed by atoms with van der Waals surface area (Å²) in [6.45, 7) is 24.6. The largest absolute Gasteiger partial charge is 0.252 e. The van der Waals surface area contributed by atoms with Crippen molar-refractivity contribution in [2.75, 3.05) is 0 Å². The summed E-state index contributed by atoms with van der Waals surface area (Å²) in [7, 11) is 0. The molecule has 0 N–H and O–H groups in total. The van der Waals surface area contributed by atoms with Gasteiger partial charge in [-0.1, -0.05) is 121 Å². The fraction of sp³-hybridized carbons (Fsp3) is 0.442. The molecule has 3 heterocycles. The Hall–Kier alpha value is -4.44. The maximum absolute atomic E-state index is 4.31. The van der Waals surface area contributed by atoms with Gasteiger partial charge in [0.2, 0.25) is 0 Å². The third-order valence-electron chi connectivity index (χ3n) is 9.03. The number of aryl methyl sites for hydroxylation is 7. The Morgan fingerprint density at radius 1 is 0.491 bits per heavy atom. The van der Waals surface area contributed by atoms with E-state index in [1.807, 2.05) is 50.7 Å². The Balaban J connectivity index is 0.000000178. The molecule has 0 aliphatic heterocycles. The molecule has 0 bridgehead atoms. The summed E-state index contributed by atoms with van der Waals surface area (Å²) in [6.07, 6.45) is 9.48. The van der Waals surface area contributed by atoms with E-state index in [0.29, 0.717) is 17.8 Å². The summed E-state index contributed by atoms with van der Waals surface area (Å²) >= 11 is 3.42. The summed E-state index contributed by atoms with van der Waals surface area (Å²) in [5, 5.41) is 25.2. The highest BCUT2D eigenvalue weighted by Crippen LogP contribution is 2.25. The second kappa shape index (κ2) is 20.1. The van der Waals surface area contributed by atoms with Crippen molar-refractivity contribution in [1.82, 2.24) is 45.0 Å². The Labute approximate surface area is 325 Å². The van der Waals surface area contributed by atoms with E-state index in [1.54, 1.807) is 0 Å². The average molecular weight is 781 g/mol. The van der Waals surface area contributed by atoms with Crippen molar-refractivity contribution in [1.29, 1.82) is 0 Å². The lowest BCUT2D eigenvalue weighted by atomic mass is 9.99. The van der Waals surface area contributed by atoms with E-state index in [1.165, 1.54) is 27.8 Å². The topological polar surface area (TPSA) is 92.1 Å². The van der Waals surface area contributed by atoms with Crippen molar-refractivity contribution in [2.24, 2.45) is 17.8 Å². The number of hydrogen-bond acceptors (Lipinski definition) is 6. The first-order chi connectivity index (χ1) is 25.3. The standard InChI is InChI=1S/C16H23N3.C14H19N3.C13H16BrN3/c1-11(2)6-7-19-10-16(17-18-19)15-9-13(4)12(3)8-14(15)5;1-11(2)8-9-17-10-14(15-16-17)13-6-4-12(3)5-7-13;1-10(2)7-8-17-9-13(15-16-17)11-3-5-12(14)6-4-11/h8-11H,6-7H2,1-5H3;4-7,10-11H,8-9H2,1-3H3;3-6,9-10H,7-8H2,1-2H3. The van der Waals surface area contributed by atoms with Crippen LogP contribution in [0, 0.1) is 45.4 Å². The summed E-state index contributed by atoms with van der Waals surface area (Å²) in [6, 6.07) is 20.9. The Bertz CT molecular complexity index is 1870. The molecule has 6 aromatic rings. The lowest BCUT2D eigenvalue weighted by molar-refractivity contribution is 0.478. The highest BCUT2D eigenvalue weighted by atomic mass is 79.9. The van der Waals surface area contributed by atoms with Crippen molar-refractivity contribution >= 4 is 15.9 Å². The minimum absolute atomic E-state index is 0.690. The van der Waals surface area contributed by atoms with Gasteiger partial charge in [-0.25, -0.2) is 0 Å². The first kappa shape index (κ1) is 41.3. The van der Waals surface area contributed by atoms with Crippen LogP contribution in [0.15, 0.2) is 83.7 Å². The van der Waals surface area contributed by atoms with Gasteiger partial charge in [0.25, 0.3) is 0 Å². The van der Waals surface area contributed by atoms with E-state index < -0.39 is 0 Å². The fourth-order valence-electron chi connectivity index (χ4n) is 5.36. The second-order valence-corrected chi connectivity index (χ2v) is 16.2. The second-order valence-electron chi connectivity index (χ2n) is 15.3. The Kier molecular flexibility index (Phi) is 15.7. The summed E-state index contributed by atoms with van der Waals surface area (Å²) < 4.78 is 6.87. The van der Waals surface area contributed by atoms with Gasteiger partial charge in [-0.3, -0.25) is 14.0 Å². The Morgan fingerprint density at radius 2 is 0.868 bits per heavy atom. The minimum atomic E-state index is 0.690. The van der Waals surface area contributed by atoms with E-state index in [2.05, 4.69) is 159 Å². The predicted octanol–water partition coefficient (Wildman–Crippen LogP) is 11.0. The van der Waals surface area contributed by atoms with Gasteiger partial charge < -0.3 is 0 Å². The molecule has 0 saturated heterocycles. The molecule has 0 atom stereocenters. The van der Waals surface area contributed by atoms with E-state index in [-0.39, 0.29) is 0 Å². The van der Waals surface area contributed by atoms with Crippen molar-refractivity contribution < 1.29 is 0 Å². The number of aromatic nitrogens is 9. The van der Waals surface area contributed by atoms with Crippen LogP contribution in [0.1, 0.15) is 83.1 Å². The van der Waals surface area contributed by atoms with E-state index >= 15 is 0 Å². The van der Waals surface area contributed by atoms with Crippen LogP contribution in [0.4, 0.5) is 0 Å². The lowest BCUT2D eigenvalue weighted by Gasteiger charge is -2.07. The van der Waals surface area contributed by atoms with Crippen molar-refractivity contribution in [3.8, 4) is 33.8 Å². The fourth-order valence-corrected chi connectivity index (χ4v) is 5.63. The molecular formula is C43H58BrN9. The summed E-state index contributed by atoms with van der Waals surface area (Å²) in [4.78, 5) is 0. The molecular weight excluding hydrogens is 722 g/mol. The maximum atomic E-state index is 4.31. The summed E-state index contributed by atoms with van der Waals surface area (Å²) in [5.74, 6) is 2.08. The van der Waals surface area contributed by atoms with Gasteiger partial charge in [-0.15, -0.1) is 15.3 Å². The molecule has 0 unspecified atom stereocenters. The molecule has 3 aromatic heterocycles. The molecule has 9 nitrogen and oxygen atoms in total. The van der Waals surface area contributed by atoms with Crippen molar-refractivity contribution in [2.45, 2.75) is 108 Å². The first-order valence-electron chi connectivity index (χ1n) is 18.9. The molecule has 282 valence electrons. The van der Waals surface area contributed by atoms with E-state index in [9.17, 15) is 0 Å². The molecule has 0 saturated carbocycles. The van der Waals surface area contributed by atoms with Gasteiger partial charge >= 0.3 is 0 Å². The predicted molar refractivity (Wildman–Crippen MR) is 221 cm³/mol. The molecule has 0 radical (unpaired) electrons. The molecule has 0 aliphatic rings. The van der Waals surface area contributed by atoms with Gasteiger partial charge in [0.1, 0.15) is 17.1 Å². The SMILES string of the molecule is CC(C)CCn1cc(-c2ccc(Br)cc2)nn1.Cc1cc(C)c(-c2cn(CCC(C)C)nn2)cc1C.Cc1ccc(-c2cn(CCC(C)C)nn2)cc1. The highest BCUT2D eigenvalue weighted by molar-refractivity contribution is 9.10. The zero-order valence-electron chi connectivity index (χ0n) is 33.4. The number of hydrogen-bond donors (Lipinski definition) is 0. The number of rotatable bonds is 12. The lowest BCUT2D eigenvalue weighted by Crippen LogP contribution is -2.01. The maximum Gasteiger partial charge on any atom is 0.113 e. The van der Waals surface area contributed by atoms with Crippen molar-refractivity contribution in [3.63, 3.8) is 0 Å². The van der Waals surface area contributed by atoms with Gasteiger partial charge in [0, 0.05) is 40.8 Å². The van der Waals surface area contributed by atoms with Crippen LogP contribution in [0.3, 0.4) is 0 Å². The minimum Gasteiger partial charge on any atom is -0.252 e. The molecule has 0 aliphatic carbocycles. The van der Waals surface area contributed by atoms with E-state index in [0.717, 1.165) is 71.6 Å². The molecule has 53 heavy (non-hydrogen) atoms. The smallest absolute Gasteiger partial charge is 0.113 e. The number of nitrogens with zero attached hydrogens (tertiary/aromatic N) is 9. The van der Waals surface area contributed by atoms with Gasteiger partial charge in [-0.2, -0.15) is 0 Å². The van der Waals surface area contributed by atoms with Gasteiger partial charge in [0.15, 0.2) is 0 Å². The zero-order valence-corrected chi connectivity index (χ0v) is 35.0. The van der Waals surface area contributed by atoms with Crippen LogP contribution in [0.2, 0.25) is 0 Å². The van der Waals surface area contributed by atoms with Gasteiger partial charge in [-0.05, 0) is 99.6 Å². The molecule has 3 aromatic carbocycles. The zero-order chi connectivity index (χ0) is 38.5. The number of halogens is 1. The van der Waals surface area contributed by atoms with E-state index in [4.69, 9.17) is 0 Å². The molecule has 0 fully saturated rings. The monoisotopic (exact) mass is 779 g/mol. The third kappa shape index (κ3) is 13.5. The van der Waals surface area contributed by atoms with Crippen LogP contribution in [0.5, 0.6) is 0 Å². The van der Waals surface area contributed by atoms with Crippen molar-refractivity contribution in [3.05, 3.63) is 106 Å².